The Morgan fingerprint density at radius 3 is 3.00 bits per heavy atom. The van der Waals surface area contributed by atoms with Gasteiger partial charge in [0.25, 0.3) is 0 Å². The number of carboxylic acids is 1. The van der Waals surface area contributed by atoms with Crippen molar-refractivity contribution in [3.05, 3.63) is 44.7 Å². The molecule has 0 bridgehead atoms. The third-order valence-corrected chi connectivity index (χ3v) is 2.77. The third-order valence-electron chi connectivity index (χ3n) is 2.28. The normalized spacial score (nSPS) is 11.6. The molecule has 0 saturated carbocycles. The first kappa shape index (κ1) is 14.5. The number of carbonyl (C=O) groups is 1. The molecule has 1 rings (SSSR count). The molecular weight excluding hydrogens is 300 g/mol. The van der Waals surface area contributed by atoms with E-state index in [-0.39, 0.29) is 0 Å². The second-order valence-electron chi connectivity index (χ2n) is 3.59. The van der Waals surface area contributed by atoms with Gasteiger partial charge < -0.3 is 10.4 Å². The van der Waals surface area contributed by atoms with E-state index in [1.807, 2.05) is 6.07 Å². The second kappa shape index (κ2) is 7.71. The molecule has 18 heavy (non-hydrogen) atoms. The molecule has 0 heterocycles. The third kappa shape index (κ3) is 4.75. The summed E-state index contributed by atoms with van der Waals surface area (Å²) in [4.78, 5) is 13.8. The molecule has 2 N–H and O–H groups in total. The highest BCUT2D eigenvalue weighted by molar-refractivity contribution is 9.10. The lowest BCUT2D eigenvalue weighted by molar-refractivity contribution is -0.139. The van der Waals surface area contributed by atoms with Gasteiger partial charge in [0.05, 0.1) is 0 Å². The first-order valence-electron chi connectivity index (χ1n) is 5.37. The summed E-state index contributed by atoms with van der Waals surface area (Å²) in [6.45, 7) is 0.830. The van der Waals surface area contributed by atoms with Crippen LogP contribution in [0.5, 0.6) is 0 Å². The van der Waals surface area contributed by atoms with E-state index in [2.05, 4.69) is 31.3 Å². The second-order valence-corrected chi connectivity index (χ2v) is 4.50. The van der Waals surface area contributed by atoms with Gasteiger partial charge in [-0.2, -0.15) is 0 Å². The van der Waals surface area contributed by atoms with Crippen LogP contribution in [-0.4, -0.2) is 24.2 Å². The summed E-state index contributed by atoms with van der Waals surface area (Å²) in [7, 11) is 0. The van der Waals surface area contributed by atoms with Gasteiger partial charge in [0.15, 0.2) is 0 Å². The quantitative estimate of drug-likeness (QED) is 0.350. The highest BCUT2D eigenvalue weighted by atomic mass is 79.9. The Morgan fingerprint density at radius 1 is 1.61 bits per heavy atom. The zero-order valence-electron chi connectivity index (χ0n) is 9.58. The van der Waals surface area contributed by atoms with Crippen molar-refractivity contribution in [1.82, 2.24) is 5.32 Å². The van der Waals surface area contributed by atoms with Crippen molar-refractivity contribution >= 4 is 21.9 Å². The van der Waals surface area contributed by atoms with Gasteiger partial charge in [0.1, 0.15) is 6.04 Å². The van der Waals surface area contributed by atoms with E-state index in [1.165, 1.54) is 0 Å². The van der Waals surface area contributed by atoms with Crippen LogP contribution in [0.2, 0.25) is 0 Å². The van der Waals surface area contributed by atoms with Crippen LogP contribution in [0.15, 0.2) is 33.9 Å². The van der Waals surface area contributed by atoms with E-state index in [1.54, 1.807) is 18.2 Å². The molecule has 0 fully saturated rings. The topological polar surface area (TPSA) is 98.1 Å². The minimum atomic E-state index is -0.933. The number of carboxylic acid groups (broad SMARTS) is 1. The van der Waals surface area contributed by atoms with Crippen LogP contribution in [0.3, 0.4) is 0 Å². The predicted octanol–water partition coefficient (Wildman–Crippen LogP) is 2.86. The van der Waals surface area contributed by atoms with Gasteiger partial charge in [-0.25, -0.2) is 0 Å². The average Bonchev–Trinajstić information content (AvgIpc) is 2.33. The molecule has 0 aliphatic rings. The van der Waals surface area contributed by atoms with Crippen molar-refractivity contribution in [2.45, 2.75) is 12.5 Å². The SMILES string of the molecule is [N-]=[N+]=NCCCNC(C(=O)O)c1cccc(Br)c1. The summed E-state index contributed by atoms with van der Waals surface area (Å²) < 4.78 is 0.835. The Balaban J connectivity index is 2.60. The molecule has 0 aliphatic heterocycles. The van der Waals surface area contributed by atoms with Crippen LogP contribution in [-0.2, 0) is 4.79 Å². The zero-order valence-corrected chi connectivity index (χ0v) is 11.2. The zero-order chi connectivity index (χ0) is 13.4. The smallest absolute Gasteiger partial charge is 0.325 e. The minimum Gasteiger partial charge on any atom is -0.480 e. The van der Waals surface area contributed by atoms with E-state index >= 15 is 0 Å². The van der Waals surface area contributed by atoms with E-state index in [4.69, 9.17) is 10.6 Å². The molecule has 0 spiro atoms. The Labute approximate surface area is 113 Å². The lowest BCUT2D eigenvalue weighted by Gasteiger charge is -2.14. The number of halogens is 1. The Morgan fingerprint density at radius 2 is 2.39 bits per heavy atom. The number of nitrogens with zero attached hydrogens (tertiary/aromatic N) is 3. The molecule has 7 heteroatoms. The number of azide groups is 1. The fourth-order valence-electron chi connectivity index (χ4n) is 1.47. The number of hydrogen-bond donors (Lipinski definition) is 2. The van der Waals surface area contributed by atoms with Crippen molar-refractivity contribution in [1.29, 1.82) is 0 Å². The van der Waals surface area contributed by atoms with Gasteiger partial charge in [-0.15, -0.1) is 0 Å². The average molecular weight is 313 g/mol. The first-order valence-corrected chi connectivity index (χ1v) is 6.17. The summed E-state index contributed by atoms with van der Waals surface area (Å²) in [6.07, 6.45) is 0.599. The van der Waals surface area contributed by atoms with Crippen molar-refractivity contribution in [3.63, 3.8) is 0 Å². The lowest BCUT2D eigenvalue weighted by atomic mass is 10.1. The van der Waals surface area contributed by atoms with Crippen LogP contribution in [0.1, 0.15) is 18.0 Å². The van der Waals surface area contributed by atoms with E-state index in [0.29, 0.717) is 25.1 Å². The maximum absolute atomic E-state index is 11.2. The van der Waals surface area contributed by atoms with Gasteiger partial charge in [-0.1, -0.05) is 33.2 Å². The molecule has 0 saturated heterocycles. The molecule has 96 valence electrons. The molecule has 0 aliphatic carbocycles. The van der Waals surface area contributed by atoms with Crippen molar-refractivity contribution in [2.24, 2.45) is 5.11 Å². The maximum Gasteiger partial charge on any atom is 0.325 e. The predicted molar refractivity (Wildman–Crippen MR) is 71.2 cm³/mol. The summed E-state index contributed by atoms with van der Waals surface area (Å²) in [5, 5.41) is 15.5. The lowest BCUT2D eigenvalue weighted by Crippen LogP contribution is -2.29. The highest BCUT2D eigenvalue weighted by Gasteiger charge is 2.18. The van der Waals surface area contributed by atoms with Crippen LogP contribution in [0.25, 0.3) is 10.4 Å². The monoisotopic (exact) mass is 312 g/mol. The molecule has 0 aromatic heterocycles. The van der Waals surface area contributed by atoms with Gasteiger partial charge in [-0.3, -0.25) is 4.79 Å². The summed E-state index contributed by atoms with van der Waals surface area (Å²) >= 11 is 3.31. The van der Waals surface area contributed by atoms with Crippen LogP contribution >= 0.6 is 15.9 Å². The number of aliphatic carboxylic acids is 1. The van der Waals surface area contributed by atoms with Crippen molar-refractivity contribution in [2.75, 3.05) is 13.1 Å². The molecule has 1 aromatic carbocycles. The van der Waals surface area contributed by atoms with Crippen LogP contribution in [0, 0.1) is 0 Å². The summed E-state index contributed by atoms with van der Waals surface area (Å²) in [5.74, 6) is -0.933. The van der Waals surface area contributed by atoms with Crippen LogP contribution in [0.4, 0.5) is 0 Å². The fraction of sp³-hybridized carbons (Fsp3) is 0.364. The van der Waals surface area contributed by atoms with E-state index in [9.17, 15) is 4.79 Å². The van der Waals surface area contributed by atoms with Gasteiger partial charge in [0, 0.05) is 15.9 Å². The Hall–Kier alpha value is -1.56. The Bertz CT molecular complexity index is 460. The molecule has 0 radical (unpaired) electrons. The molecule has 1 aromatic rings. The minimum absolute atomic E-state index is 0.355. The number of benzene rings is 1. The van der Waals surface area contributed by atoms with E-state index < -0.39 is 12.0 Å². The van der Waals surface area contributed by atoms with Gasteiger partial charge in [0.2, 0.25) is 0 Å². The summed E-state index contributed by atoms with van der Waals surface area (Å²) in [6, 6.07) is 6.39. The standard InChI is InChI=1S/C11H13BrN4O2/c12-9-4-1-3-8(7-9)10(11(17)18)14-5-2-6-15-16-13/h1,3-4,7,10,14H,2,5-6H2,(H,17,18). The van der Waals surface area contributed by atoms with Gasteiger partial charge >= 0.3 is 5.97 Å². The number of hydrogen-bond acceptors (Lipinski definition) is 3. The molecule has 6 nitrogen and oxygen atoms in total. The van der Waals surface area contributed by atoms with Crippen molar-refractivity contribution in [3.8, 4) is 0 Å². The van der Waals surface area contributed by atoms with E-state index in [0.717, 1.165) is 4.47 Å². The number of rotatable bonds is 7. The first-order chi connectivity index (χ1) is 8.65. The van der Waals surface area contributed by atoms with Crippen LogP contribution < -0.4 is 5.32 Å². The fourth-order valence-corrected chi connectivity index (χ4v) is 1.89. The van der Waals surface area contributed by atoms with Gasteiger partial charge in [-0.05, 0) is 36.2 Å². The molecule has 1 atom stereocenters. The molecular formula is C11H13BrN4O2. The summed E-state index contributed by atoms with van der Waals surface area (Å²) in [5.41, 5.74) is 8.79. The molecule has 1 unspecified atom stereocenters. The highest BCUT2D eigenvalue weighted by Crippen LogP contribution is 2.18. The largest absolute Gasteiger partial charge is 0.480 e. The molecule has 0 amide bonds. The maximum atomic E-state index is 11.2. The Kier molecular flexibility index (Phi) is 6.21. The number of nitrogens with one attached hydrogen (secondary N) is 1. The van der Waals surface area contributed by atoms with Crippen molar-refractivity contribution < 1.29 is 9.90 Å².